The van der Waals surface area contributed by atoms with Crippen molar-refractivity contribution in [3.8, 4) is 5.75 Å². The number of hydrogen-bond acceptors (Lipinski definition) is 2. The highest BCUT2D eigenvalue weighted by molar-refractivity contribution is 5.94. The molecule has 1 aromatic carbocycles. The molecular formula is C17H27NO2. The van der Waals surface area contributed by atoms with Gasteiger partial charge in [-0.05, 0) is 57.4 Å². The van der Waals surface area contributed by atoms with Gasteiger partial charge in [0.2, 0.25) is 0 Å². The summed E-state index contributed by atoms with van der Waals surface area (Å²) < 4.78 is 5.75. The van der Waals surface area contributed by atoms with Crippen molar-refractivity contribution in [2.45, 2.75) is 46.6 Å². The van der Waals surface area contributed by atoms with Crippen LogP contribution in [0.1, 0.15) is 51.4 Å². The summed E-state index contributed by atoms with van der Waals surface area (Å²) in [5.74, 6) is 1.46. The van der Waals surface area contributed by atoms with E-state index in [1.54, 1.807) is 4.90 Å². The van der Waals surface area contributed by atoms with Gasteiger partial charge in [-0.2, -0.15) is 0 Å². The third kappa shape index (κ3) is 5.64. The predicted octanol–water partition coefficient (Wildman–Crippen LogP) is 3.98. The van der Waals surface area contributed by atoms with E-state index in [1.165, 1.54) is 0 Å². The SMILES string of the molecule is CC(C)CCN(C)C(=O)c1ccc(OC(C)(C)C)cc1. The first kappa shape index (κ1) is 16.5. The molecule has 0 fully saturated rings. The summed E-state index contributed by atoms with van der Waals surface area (Å²) in [5, 5.41) is 0. The number of carbonyl (C=O) groups is 1. The van der Waals surface area contributed by atoms with Crippen LogP contribution in [0.25, 0.3) is 0 Å². The molecule has 112 valence electrons. The van der Waals surface area contributed by atoms with E-state index < -0.39 is 0 Å². The molecule has 1 amide bonds. The Kier molecular flexibility index (Phi) is 5.61. The molecule has 3 heteroatoms. The van der Waals surface area contributed by atoms with Gasteiger partial charge in [0.1, 0.15) is 11.4 Å². The first-order valence-electron chi connectivity index (χ1n) is 7.23. The maximum absolute atomic E-state index is 12.2. The number of ether oxygens (including phenoxy) is 1. The number of carbonyl (C=O) groups excluding carboxylic acids is 1. The summed E-state index contributed by atoms with van der Waals surface area (Å²) >= 11 is 0. The van der Waals surface area contributed by atoms with Gasteiger partial charge < -0.3 is 9.64 Å². The van der Waals surface area contributed by atoms with Gasteiger partial charge in [-0.1, -0.05) is 13.8 Å². The lowest BCUT2D eigenvalue weighted by molar-refractivity contribution is 0.0789. The van der Waals surface area contributed by atoms with Crippen molar-refractivity contribution in [1.82, 2.24) is 4.90 Å². The van der Waals surface area contributed by atoms with Crippen LogP contribution in [0.2, 0.25) is 0 Å². The average Bonchev–Trinajstić information content (AvgIpc) is 2.34. The van der Waals surface area contributed by atoms with Gasteiger partial charge in [-0.15, -0.1) is 0 Å². The van der Waals surface area contributed by atoms with Gasteiger partial charge in [0, 0.05) is 19.2 Å². The van der Waals surface area contributed by atoms with E-state index in [0.29, 0.717) is 11.5 Å². The smallest absolute Gasteiger partial charge is 0.253 e. The van der Waals surface area contributed by atoms with Crippen molar-refractivity contribution in [3.05, 3.63) is 29.8 Å². The van der Waals surface area contributed by atoms with Crippen molar-refractivity contribution in [2.75, 3.05) is 13.6 Å². The van der Waals surface area contributed by atoms with Crippen LogP contribution >= 0.6 is 0 Å². The van der Waals surface area contributed by atoms with Crippen LogP contribution in [-0.4, -0.2) is 30.0 Å². The highest BCUT2D eigenvalue weighted by Gasteiger charge is 2.14. The Morgan fingerprint density at radius 1 is 1.20 bits per heavy atom. The molecule has 1 rings (SSSR count). The molecule has 0 saturated heterocycles. The maximum atomic E-state index is 12.2. The zero-order valence-corrected chi connectivity index (χ0v) is 13.6. The standard InChI is InChI=1S/C17H27NO2/c1-13(2)11-12-18(6)16(19)14-7-9-15(10-8-14)20-17(3,4)5/h7-10,13H,11-12H2,1-6H3. The molecule has 0 heterocycles. The van der Waals surface area contributed by atoms with E-state index in [1.807, 2.05) is 52.1 Å². The van der Waals surface area contributed by atoms with Crippen molar-refractivity contribution < 1.29 is 9.53 Å². The predicted molar refractivity (Wildman–Crippen MR) is 83.2 cm³/mol. The second kappa shape index (κ2) is 6.78. The summed E-state index contributed by atoms with van der Waals surface area (Å²) in [5.41, 5.74) is 0.483. The molecular weight excluding hydrogens is 250 g/mol. The van der Waals surface area contributed by atoms with Crippen molar-refractivity contribution in [1.29, 1.82) is 0 Å². The molecule has 0 aliphatic heterocycles. The minimum atomic E-state index is -0.223. The molecule has 0 spiro atoms. The number of benzene rings is 1. The molecule has 3 nitrogen and oxygen atoms in total. The Labute approximate surface area is 122 Å². The van der Waals surface area contributed by atoms with Crippen LogP contribution in [0, 0.1) is 5.92 Å². The van der Waals surface area contributed by atoms with Gasteiger partial charge in [0.25, 0.3) is 5.91 Å². The minimum Gasteiger partial charge on any atom is -0.488 e. The normalized spacial score (nSPS) is 11.6. The van der Waals surface area contributed by atoms with E-state index in [0.717, 1.165) is 18.7 Å². The minimum absolute atomic E-state index is 0.0629. The molecule has 0 N–H and O–H groups in total. The monoisotopic (exact) mass is 277 g/mol. The Bertz CT molecular complexity index is 429. The first-order valence-corrected chi connectivity index (χ1v) is 7.23. The Morgan fingerprint density at radius 3 is 2.20 bits per heavy atom. The lowest BCUT2D eigenvalue weighted by Gasteiger charge is -2.22. The average molecular weight is 277 g/mol. The fraction of sp³-hybridized carbons (Fsp3) is 0.588. The summed E-state index contributed by atoms with van der Waals surface area (Å²) in [7, 11) is 1.85. The molecule has 1 aromatic rings. The maximum Gasteiger partial charge on any atom is 0.253 e. The van der Waals surface area contributed by atoms with Gasteiger partial charge >= 0.3 is 0 Å². The zero-order chi connectivity index (χ0) is 15.3. The summed E-state index contributed by atoms with van der Waals surface area (Å²) in [6, 6.07) is 7.37. The molecule has 0 aliphatic rings. The van der Waals surface area contributed by atoms with E-state index in [-0.39, 0.29) is 11.5 Å². The summed E-state index contributed by atoms with van der Waals surface area (Å²) in [6.07, 6.45) is 1.02. The van der Waals surface area contributed by atoms with E-state index >= 15 is 0 Å². The molecule has 0 unspecified atom stereocenters. The Morgan fingerprint density at radius 2 is 1.75 bits per heavy atom. The molecule has 0 bridgehead atoms. The summed E-state index contributed by atoms with van der Waals surface area (Å²) in [4.78, 5) is 14.0. The van der Waals surface area contributed by atoms with E-state index in [2.05, 4.69) is 13.8 Å². The molecule has 0 radical (unpaired) electrons. The fourth-order valence-electron chi connectivity index (χ4n) is 1.79. The molecule has 0 atom stereocenters. The molecule has 0 aliphatic carbocycles. The van der Waals surface area contributed by atoms with Gasteiger partial charge in [-0.25, -0.2) is 0 Å². The summed E-state index contributed by atoms with van der Waals surface area (Å²) in [6.45, 7) is 11.1. The lowest BCUT2D eigenvalue weighted by atomic mass is 10.1. The van der Waals surface area contributed by atoms with Crippen LogP contribution in [-0.2, 0) is 0 Å². The molecule has 0 aromatic heterocycles. The number of hydrogen-bond donors (Lipinski definition) is 0. The zero-order valence-electron chi connectivity index (χ0n) is 13.6. The van der Waals surface area contributed by atoms with Crippen LogP contribution in [0.3, 0.4) is 0 Å². The number of nitrogens with zero attached hydrogens (tertiary/aromatic N) is 1. The van der Waals surface area contributed by atoms with Crippen molar-refractivity contribution in [2.24, 2.45) is 5.92 Å². The highest BCUT2D eigenvalue weighted by atomic mass is 16.5. The highest BCUT2D eigenvalue weighted by Crippen LogP contribution is 2.19. The van der Waals surface area contributed by atoms with Gasteiger partial charge in [-0.3, -0.25) is 4.79 Å². The topological polar surface area (TPSA) is 29.5 Å². The third-order valence-corrected chi connectivity index (χ3v) is 2.91. The van der Waals surface area contributed by atoms with Crippen molar-refractivity contribution in [3.63, 3.8) is 0 Å². The third-order valence-electron chi connectivity index (χ3n) is 2.91. The van der Waals surface area contributed by atoms with Crippen LogP contribution in [0.4, 0.5) is 0 Å². The van der Waals surface area contributed by atoms with E-state index in [9.17, 15) is 4.79 Å². The number of rotatable bonds is 5. The van der Waals surface area contributed by atoms with E-state index in [4.69, 9.17) is 4.74 Å². The second-order valence-corrected chi connectivity index (χ2v) is 6.65. The lowest BCUT2D eigenvalue weighted by Crippen LogP contribution is -2.28. The second-order valence-electron chi connectivity index (χ2n) is 6.65. The largest absolute Gasteiger partial charge is 0.488 e. The van der Waals surface area contributed by atoms with Crippen LogP contribution in [0.5, 0.6) is 5.75 Å². The van der Waals surface area contributed by atoms with Crippen LogP contribution < -0.4 is 4.74 Å². The van der Waals surface area contributed by atoms with Gasteiger partial charge in [0.15, 0.2) is 0 Å². The molecule has 20 heavy (non-hydrogen) atoms. The Balaban J connectivity index is 2.65. The quantitative estimate of drug-likeness (QED) is 0.814. The van der Waals surface area contributed by atoms with Crippen LogP contribution in [0.15, 0.2) is 24.3 Å². The first-order chi connectivity index (χ1) is 9.19. The van der Waals surface area contributed by atoms with Gasteiger partial charge in [0.05, 0.1) is 0 Å². The fourth-order valence-corrected chi connectivity index (χ4v) is 1.79. The molecule has 0 saturated carbocycles. The number of amides is 1. The van der Waals surface area contributed by atoms with Crippen molar-refractivity contribution >= 4 is 5.91 Å². The Hall–Kier alpha value is -1.51.